The van der Waals surface area contributed by atoms with Gasteiger partial charge in [-0.2, -0.15) is 5.10 Å². The lowest BCUT2D eigenvalue weighted by Gasteiger charge is -2.04. The maximum Gasteiger partial charge on any atom is 0.254 e. The number of amides is 2. The molecule has 0 aromatic carbocycles. The Hall–Kier alpha value is -1.85. The molecule has 0 saturated heterocycles. The normalized spacial score (nSPS) is 9.94. The van der Waals surface area contributed by atoms with Crippen molar-refractivity contribution in [3.63, 3.8) is 0 Å². The molecule has 1 aromatic rings. The second kappa shape index (κ2) is 5.29. The summed E-state index contributed by atoms with van der Waals surface area (Å²) in [4.78, 5) is 22.2. The van der Waals surface area contributed by atoms with E-state index in [1.807, 2.05) is 0 Å². The molecule has 6 heteroatoms. The van der Waals surface area contributed by atoms with Gasteiger partial charge in [-0.3, -0.25) is 14.3 Å². The first-order valence-electron chi connectivity index (χ1n) is 5.03. The van der Waals surface area contributed by atoms with Crippen molar-refractivity contribution in [2.45, 2.75) is 13.8 Å². The van der Waals surface area contributed by atoms with Crippen molar-refractivity contribution in [2.24, 2.45) is 7.05 Å². The van der Waals surface area contributed by atoms with E-state index in [1.165, 1.54) is 6.92 Å². The summed E-state index contributed by atoms with van der Waals surface area (Å²) in [5.41, 5.74) is 1.25. The molecule has 6 nitrogen and oxygen atoms in total. The molecule has 1 aromatic heterocycles. The quantitative estimate of drug-likeness (QED) is 0.683. The van der Waals surface area contributed by atoms with Gasteiger partial charge in [0.05, 0.1) is 11.3 Å². The molecular weight excluding hydrogens is 208 g/mol. The fourth-order valence-electron chi connectivity index (χ4n) is 1.33. The molecule has 16 heavy (non-hydrogen) atoms. The number of hydrogen-bond acceptors (Lipinski definition) is 3. The van der Waals surface area contributed by atoms with E-state index in [4.69, 9.17) is 0 Å². The number of carbonyl (C=O) groups excluding carboxylic acids is 2. The van der Waals surface area contributed by atoms with Crippen LogP contribution in [0.4, 0.5) is 0 Å². The van der Waals surface area contributed by atoms with Gasteiger partial charge in [0.15, 0.2) is 0 Å². The summed E-state index contributed by atoms with van der Waals surface area (Å²) in [6.07, 6.45) is 1.67. The standard InChI is InChI=1S/C10H16N4O2/c1-7-9(6-14(3)13-7)10(16)12-5-4-11-8(2)15/h6H,4-5H2,1-3H3,(H,11,15)(H,12,16). The number of nitrogens with one attached hydrogen (secondary N) is 2. The third kappa shape index (κ3) is 3.38. The highest BCUT2D eigenvalue weighted by molar-refractivity contribution is 5.95. The summed E-state index contributed by atoms with van der Waals surface area (Å²) >= 11 is 0. The van der Waals surface area contributed by atoms with Gasteiger partial charge in [0.1, 0.15) is 0 Å². The number of aromatic nitrogens is 2. The predicted octanol–water partition coefficient (Wildman–Crippen LogP) is -0.406. The molecule has 0 saturated carbocycles. The van der Waals surface area contributed by atoms with Crippen molar-refractivity contribution < 1.29 is 9.59 Å². The summed E-state index contributed by atoms with van der Waals surface area (Å²) < 4.78 is 1.60. The third-order valence-electron chi connectivity index (χ3n) is 2.04. The lowest BCUT2D eigenvalue weighted by molar-refractivity contribution is -0.118. The second-order valence-electron chi connectivity index (χ2n) is 3.54. The van der Waals surface area contributed by atoms with Crippen LogP contribution in [0.3, 0.4) is 0 Å². The van der Waals surface area contributed by atoms with E-state index < -0.39 is 0 Å². The summed E-state index contributed by atoms with van der Waals surface area (Å²) in [6, 6.07) is 0. The minimum atomic E-state index is -0.170. The average Bonchev–Trinajstić information content (AvgIpc) is 2.52. The van der Waals surface area contributed by atoms with E-state index in [0.717, 1.165) is 0 Å². The van der Waals surface area contributed by atoms with Crippen LogP contribution in [0.2, 0.25) is 0 Å². The minimum Gasteiger partial charge on any atom is -0.355 e. The number of hydrogen-bond donors (Lipinski definition) is 2. The number of rotatable bonds is 4. The van der Waals surface area contributed by atoms with Crippen LogP contribution in [0.25, 0.3) is 0 Å². The van der Waals surface area contributed by atoms with E-state index in [9.17, 15) is 9.59 Å². The van der Waals surface area contributed by atoms with Crippen molar-refractivity contribution in [3.05, 3.63) is 17.5 Å². The van der Waals surface area contributed by atoms with Gasteiger partial charge in [-0.05, 0) is 6.92 Å². The van der Waals surface area contributed by atoms with Gasteiger partial charge in [-0.15, -0.1) is 0 Å². The summed E-state index contributed by atoms with van der Waals surface area (Å²) in [5, 5.41) is 9.37. The lowest BCUT2D eigenvalue weighted by Crippen LogP contribution is -2.33. The number of carbonyl (C=O) groups is 2. The first-order chi connectivity index (χ1) is 7.50. The highest BCUT2D eigenvalue weighted by atomic mass is 16.2. The highest BCUT2D eigenvalue weighted by Gasteiger charge is 2.11. The van der Waals surface area contributed by atoms with Crippen LogP contribution in [-0.2, 0) is 11.8 Å². The topological polar surface area (TPSA) is 76.0 Å². The third-order valence-corrected chi connectivity index (χ3v) is 2.04. The Bertz CT molecular complexity index is 398. The monoisotopic (exact) mass is 224 g/mol. The van der Waals surface area contributed by atoms with Gasteiger partial charge in [0.25, 0.3) is 5.91 Å². The Morgan fingerprint density at radius 2 is 2.00 bits per heavy atom. The minimum absolute atomic E-state index is 0.105. The van der Waals surface area contributed by atoms with Crippen LogP contribution < -0.4 is 10.6 Å². The van der Waals surface area contributed by atoms with Crippen molar-refractivity contribution in [1.82, 2.24) is 20.4 Å². The van der Waals surface area contributed by atoms with Gasteiger partial charge in [0.2, 0.25) is 5.91 Å². The molecule has 0 radical (unpaired) electrons. The van der Waals surface area contributed by atoms with Crippen LogP contribution in [0.15, 0.2) is 6.20 Å². The van der Waals surface area contributed by atoms with Crippen molar-refractivity contribution in [2.75, 3.05) is 13.1 Å². The molecule has 0 spiro atoms. The Balaban J connectivity index is 2.41. The van der Waals surface area contributed by atoms with E-state index in [1.54, 1.807) is 24.9 Å². The number of nitrogens with zero attached hydrogens (tertiary/aromatic N) is 2. The van der Waals surface area contributed by atoms with Gasteiger partial charge < -0.3 is 10.6 Å². The van der Waals surface area contributed by atoms with Crippen LogP contribution in [-0.4, -0.2) is 34.7 Å². The van der Waals surface area contributed by atoms with E-state index in [0.29, 0.717) is 24.3 Å². The van der Waals surface area contributed by atoms with E-state index >= 15 is 0 Å². The van der Waals surface area contributed by atoms with Crippen LogP contribution in [0.1, 0.15) is 23.0 Å². The fourth-order valence-corrected chi connectivity index (χ4v) is 1.33. The molecule has 0 unspecified atom stereocenters. The molecule has 1 rings (SSSR count). The first-order valence-corrected chi connectivity index (χ1v) is 5.03. The van der Waals surface area contributed by atoms with Crippen molar-refractivity contribution in [3.8, 4) is 0 Å². The van der Waals surface area contributed by atoms with Crippen LogP contribution in [0, 0.1) is 6.92 Å². The molecular formula is C10H16N4O2. The maximum absolute atomic E-state index is 11.6. The Morgan fingerprint density at radius 1 is 1.38 bits per heavy atom. The zero-order valence-corrected chi connectivity index (χ0v) is 9.70. The smallest absolute Gasteiger partial charge is 0.254 e. The number of aryl methyl sites for hydroxylation is 2. The Labute approximate surface area is 94.0 Å². The average molecular weight is 224 g/mol. The largest absolute Gasteiger partial charge is 0.355 e. The molecule has 0 atom stereocenters. The first kappa shape index (κ1) is 12.2. The summed E-state index contributed by atoms with van der Waals surface area (Å²) in [5.74, 6) is -0.275. The summed E-state index contributed by atoms with van der Waals surface area (Å²) in [6.45, 7) is 4.06. The lowest BCUT2D eigenvalue weighted by atomic mass is 10.2. The predicted molar refractivity (Wildman–Crippen MR) is 59.0 cm³/mol. The van der Waals surface area contributed by atoms with Gasteiger partial charge >= 0.3 is 0 Å². The Kier molecular flexibility index (Phi) is 4.04. The van der Waals surface area contributed by atoms with E-state index in [2.05, 4.69) is 15.7 Å². The molecule has 88 valence electrons. The zero-order chi connectivity index (χ0) is 12.1. The molecule has 0 aliphatic rings. The molecule has 2 N–H and O–H groups in total. The maximum atomic E-state index is 11.6. The van der Waals surface area contributed by atoms with Gasteiger partial charge in [0, 0.05) is 33.3 Å². The zero-order valence-electron chi connectivity index (χ0n) is 9.70. The van der Waals surface area contributed by atoms with Gasteiger partial charge in [-0.25, -0.2) is 0 Å². The molecule has 0 fully saturated rings. The fraction of sp³-hybridized carbons (Fsp3) is 0.500. The molecule has 0 aliphatic carbocycles. The van der Waals surface area contributed by atoms with Crippen LogP contribution in [0.5, 0.6) is 0 Å². The highest BCUT2D eigenvalue weighted by Crippen LogP contribution is 2.03. The SMILES string of the molecule is CC(=O)NCCNC(=O)c1cn(C)nc1C. The molecule has 1 heterocycles. The van der Waals surface area contributed by atoms with Crippen molar-refractivity contribution in [1.29, 1.82) is 0 Å². The van der Waals surface area contributed by atoms with E-state index in [-0.39, 0.29) is 11.8 Å². The van der Waals surface area contributed by atoms with Crippen LogP contribution >= 0.6 is 0 Å². The summed E-state index contributed by atoms with van der Waals surface area (Å²) in [7, 11) is 1.76. The molecule has 0 bridgehead atoms. The molecule has 0 aliphatic heterocycles. The Morgan fingerprint density at radius 3 is 2.50 bits per heavy atom. The van der Waals surface area contributed by atoms with Gasteiger partial charge in [-0.1, -0.05) is 0 Å². The molecule has 2 amide bonds. The van der Waals surface area contributed by atoms with Crippen molar-refractivity contribution >= 4 is 11.8 Å². The second-order valence-corrected chi connectivity index (χ2v) is 3.54.